The molecular weight excluding hydrogens is 220 g/mol. The standard InChI is InChI=1S/C9H10O5S/c1-13-9-7(6-10)4-3-5-8(9)14-15(2,11)12/h3-6H,1-2H3. The summed E-state index contributed by atoms with van der Waals surface area (Å²) < 4.78 is 31.4. The number of ether oxygens (including phenoxy) is 1. The first-order valence-electron chi connectivity index (χ1n) is 3.99. The fourth-order valence-electron chi connectivity index (χ4n) is 1.07. The number of rotatable bonds is 4. The van der Waals surface area contributed by atoms with Crippen molar-refractivity contribution in [3.63, 3.8) is 0 Å². The normalized spacial score (nSPS) is 10.8. The lowest BCUT2D eigenvalue weighted by Gasteiger charge is -2.09. The molecule has 5 nitrogen and oxygen atoms in total. The number of carbonyl (C=O) groups excluding carboxylic acids is 1. The number of hydrogen-bond donors (Lipinski definition) is 0. The Morgan fingerprint density at radius 2 is 2.00 bits per heavy atom. The highest BCUT2D eigenvalue weighted by Gasteiger charge is 2.13. The third-order valence-electron chi connectivity index (χ3n) is 1.58. The van der Waals surface area contributed by atoms with Gasteiger partial charge in [-0.2, -0.15) is 8.42 Å². The van der Waals surface area contributed by atoms with Crippen LogP contribution in [0.25, 0.3) is 0 Å². The minimum atomic E-state index is -3.63. The molecule has 6 heteroatoms. The Balaban J connectivity index is 3.23. The van der Waals surface area contributed by atoms with Crippen molar-refractivity contribution in [2.24, 2.45) is 0 Å². The van der Waals surface area contributed by atoms with E-state index in [0.29, 0.717) is 6.29 Å². The van der Waals surface area contributed by atoms with Crippen LogP contribution in [-0.4, -0.2) is 28.1 Å². The SMILES string of the molecule is COc1c(C=O)cccc1OS(C)(=O)=O. The van der Waals surface area contributed by atoms with Gasteiger partial charge in [0.15, 0.2) is 17.8 Å². The molecule has 0 unspecified atom stereocenters. The summed E-state index contributed by atoms with van der Waals surface area (Å²) in [5.74, 6) is 0.113. The zero-order valence-electron chi connectivity index (χ0n) is 8.26. The molecule has 1 aromatic rings. The van der Waals surface area contributed by atoms with E-state index >= 15 is 0 Å². The van der Waals surface area contributed by atoms with E-state index in [1.165, 1.54) is 25.3 Å². The molecule has 0 atom stereocenters. The van der Waals surface area contributed by atoms with E-state index in [1.54, 1.807) is 0 Å². The topological polar surface area (TPSA) is 69.7 Å². The van der Waals surface area contributed by atoms with Gasteiger partial charge in [0.2, 0.25) is 0 Å². The van der Waals surface area contributed by atoms with Gasteiger partial charge in [0.05, 0.1) is 18.9 Å². The third kappa shape index (κ3) is 2.95. The van der Waals surface area contributed by atoms with E-state index in [4.69, 9.17) is 4.74 Å². The third-order valence-corrected chi connectivity index (χ3v) is 2.06. The predicted molar refractivity (Wildman–Crippen MR) is 53.9 cm³/mol. The van der Waals surface area contributed by atoms with Gasteiger partial charge in [-0.15, -0.1) is 0 Å². The Morgan fingerprint density at radius 3 is 2.47 bits per heavy atom. The number of benzene rings is 1. The highest BCUT2D eigenvalue weighted by Crippen LogP contribution is 2.30. The Hall–Kier alpha value is -1.56. The van der Waals surface area contributed by atoms with E-state index in [0.717, 1.165) is 6.26 Å². The maximum atomic E-state index is 10.9. The average Bonchev–Trinajstić information content (AvgIpc) is 2.15. The molecule has 0 N–H and O–H groups in total. The smallest absolute Gasteiger partial charge is 0.306 e. The maximum absolute atomic E-state index is 10.9. The lowest BCUT2D eigenvalue weighted by atomic mass is 10.2. The average molecular weight is 230 g/mol. The molecule has 0 saturated heterocycles. The molecule has 1 aromatic carbocycles. The molecule has 0 amide bonds. The molecule has 0 aliphatic carbocycles. The largest absolute Gasteiger partial charge is 0.492 e. The van der Waals surface area contributed by atoms with Gasteiger partial charge in [-0.05, 0) is 12.1 Å². The van der Waals surface area contributed by atoms with Crippen LogP contribution in [0.3, 0.4) is 0 Å². The van der Waals surface area contributed by atoms with Crippen molar-refractivity contribution < 1.29 is 22.1 Å². The molecule has 0 aliphatic heterocycles. The first-order valence-corrected chi connectivity index (χ1v) is 5.81. The van der Waals surface area contributed by atoms with Crippen molar-refractivity contribution in [2.75, 3.05) is 13.4 Å². The summed E-state index contributed by atoms with van der Waals surface area (Å²) in [5, 5.41) is 0. The summed E-state index contributed by atoms with van der Waals surface area (Å²) in [5.41, 5.74) is 0.235. The van der Waals surface area contributed by atoms with Gasteiger partial charge in [0.25, 0.3) is 0 Å². The van der Waals surface area contributed by atoms with E-state index in [2.05, 4.69) is 4.18 Å². The van der Waals surface area contributed by atoms with Gasteiger partial charge < -0.3 is 8.92 Å². The van der Waals surface area contributed by atoms with Crippen LogP contribution < -0.4 is 8.92 Å². The summed E-state index contributed by atoms with van der Waals surface area (Å²) in [7, 11) is -2.30. The predicted octanol–water partition coefficient (Wildman–Crippen LogP) is 0.846. The molecule has 0 radical (unpaired) electrons. The molecular formula is C9H10O5S. The van der Waals surface area contributed by atoms with E-state index in [9.17, 15) is 13.2 Å². The second-order valence-corrected chi connectivity index (χ2v) is 4.36. The fraction of sp³-hybridized carbons (Fsp3) is 0.222. The number of para-hydroxylation sites is 1. The van der Waals surface area contributed by atoms with Crippen LogP contribution in [0.5, 0.6) is 11.5 Å². The second kappa shape index (κ2) is 4.31. The lowest BCUT2D eigenvalue weighted by Crippen LogP contribution is -2.07. The first kappa shape index (κ1) is 11.5. The van der Waals surface area contributed by atoms with Gasteiger partial charge >= 0.3 is 10.1 Å². The monoisotopic (exact) mass is 230 g/mol. The van der Waals surface area contributed by atoms with Crippen molar-refractivity contribution in [1.29, 1.82) is 0 Å². The quantitative estimate of drug-likeness (QED) is 0.566. The minimum absolute atomic E-state index is 0.00426. The van der Waals surface area contributed by atoms with E-state index < -0.39 is 10.1 Å². The van der Waals surface area contributed by atoms with Crippen molar-refractivity contribution in [2.45, 2.75) is 0 Å². The molecule has 82 valence electrons. The summed E-state index contributed by atoms with van der Waals surface area (Å²) >= 11 is 0. The van der Waals surface area contributed by atoms with E-state index in [1.807, 2.05) is 0 Å². The van der Waals surface area contributed by atoms with Crippen LogP contribution >= 0.6 is 0 Å². The maximum Gasteiger partial charge on any atom is 0.306 e. The second-order valence-electron chi connectivity index (χ2n) is 2.78. The summed E-state index contributed by atoms with van der Waals surface area (Å²) in [6.07, 6.45) is 1.48. The molecule has 0 bridgehead atoms. The highest BCUT2D eigenvalue weighted by molar-refractivity contribution is 7.86. The van der Waals surface area contributed by atoms with Gasteiger partial charge in [0.1, 0.15) is 0 Å². The Morgan fingerprint density at radius 1 is 1.33 bits per heavy atom. The Bertz CT molecular complexity index is 463. The van der Waals surface area contributed by atoms with Crippen molar-refractivity contribution in [1.82, 2.24) is 0 Å². The van der Waals surface area contributed by atoms with Crippen molar-refractivity contribution >= 4 is 16.4 Å². The fourth-order valence-corrected chi connectivity index (χ4v) is 1.53. The lowest BCUT2D eigenvalue weighted by molar-refractivity contribution is 0.112. The summed E-state index contributed by atoms with van der Waals surface area (Å²) in [6.45, 7) is 0. The summed E-state index contributed by atoms with van der Waals surface area (Å²) in [6, 6.07) is 4.42. The minimum Gasteiger partial charge on any atom is -0.492 e. The number of methoxy groups -OCH3 is 1. The Labute approximate surface area is 87.7 Å². The number of carbonyl (C=O) groups is 1. The first-order chi connectivity index (χ1) is 6.98. The van der Waals surface area contributed by atoms with Gasteiger partial charge in [-0.25, -0.2) is 0 Å². The van der Waals surface area contributed by atoms with Crippen molar-refractivity contribution in [3.8, 4) is 11.5 Å². The molecule has 0 saturated carbocycles. The van der Waals surface area contributed by atoms with Crippen LogP contribution in [0.1, 0.15) is 10.4 Å². The zero-order chi connectivity index (χ0) is 11.5. The van der Waals surface area contributed by atoms with Gasteiger partial charge in [-0.1, -0.05) is 6.07 Å². The number of hydrogen-bond acceptors (Lipinski definition) is 5. The highest BCUT2D eigenvalue weighted by atomic mass is 32.2. The van der Waals surface area contributed by atoms with Crippen molar-refractivity contribution in [3.05, 3.63) is 23.8 Å². The van der Waals surface area contributed by atoms with Crippen LogP contribution in [0.4, 0.5) is 0 Å². The molecule has 0 aliphatic rings. The molecule has 0 fully saturated rings. The Kier molecular flexibility index (Phi) is 3.31. The molecule has 0 aromatic heterocycles. The van der Waals surface area contributed by atoms with Crippen LogP contribution in [0.15, 0.2) is 18.2 Å². The van der Waals surface area contributed by atoms with Gasteiger partial charge in [0, 0.05) is 0 Å². The van der Waals surface area contributed by atoms with Gasteiger partial charge in [-0.3, -0.25) is 4.79 Å². The van der Waals surface area contributed by atoms with Crippen LogP contribution in [0.2, 0.25) is 0 Å². The number of aldehydes is 1. The zero-order valence-corrected chi connectivity index (χ0v) is 9.08. The molecule has 0 spiro atoms. The molecule has 15 heavy (non-hydrogen) atoms. The van der Waals surface area contributed by atoms with Crippen LogP contribution in [0, 0.1) is 0 Å². The van der Waals surface area contributed by atoms with E-state index in [-0.39, 0.29) is 17.1 Å². The molecule has 1 rings (SSSR count). The summed E-state index contributed by atoms with van der Waals surface area (Å²) in [4.78, 5) is 10.6. The van der Waals surface area contributed by atoms with Crippen LogP contribution in [-0.2, 0) is 10.1 Å². The molecule has 0 heterocycles.